The van der Waals surface area contributed by atoms with E-state index < -0.39 is 0 Å². The second kappa shape index (κ2) is 6.80. The van der Waals surface area contributed by atoms with Crippen molar-refractivity contribution in [1.82, 2.24) is 5.32 Å². The quantitative estimate of drug-likeness (QED) is 0.843. The highest BCUT2D eigenvalue weighted by molar-refractivity contribution is 6.35. The lowest BCUT2D eigenvalue weighted by atomic mass is 10.1. The highest BCUT2D eigenvalue weighted by Gasteiger charge is 2.18. The molecule has 0 radical (unpaired) electrons. The van der Waals surface area contributed by atoms with Gasteiger partial charge in [-0.2, -0.15) is 0 Å². The van der Waals surface area contributed by atoms with Crippen molar-refractivity contribution in [2.45, 2.75) is 45.9 Å². The number of ether oxygens (including phenoxy) is 1. The largest absolute Gasteiger partial charge is 0.489 e. The van der Waals surface area contributed by atoms with Crippen LogP contribution in [0.15, 0.2) is 12.1 Å². The molecule has 0 aliphatic carbocycles. The molecule has 0 fully saturated rings. The number of aliphatic hydroxyl groups is 1. The summed E-state index contributed by atoms with van der Waals surface area (Å²) in [6.45, 7) is 8.29. The van der Waals surface area contributed by atoms with E-state index in [1.54, 1.807) is 6.07 Å². The van der Waals surface area contributed by atoms with Crippen LogP contribution in [0, 0.1) is 0 Å². The summed E-state index contributed by atoms with van der Waals surface area (Å²) in [4.78, 5) is 0. The normalized spacial score (nSPS) is 12.0. The number of hydrogen-bond acceptors (Lipinski definition) is 3. The Hall–Kier alpha value is -0.480. The predicted molar refractivity (Wildman–Crippen MR) is 80.2 cm³/mol. The molecule has 1 aromatic rings. The Morgan fingerprint density at radius 2 is 1.95 bits per heavy atom. The van der Waals surface area contributed by atoms with E-state index in [9.17, 15) is 5.11 Å². The van der Waals surface area contributed by atoms with Gasteiger partial charge in [-0.1, -0.05) is 23.2 Å². The van der Waals surface area contributed by atoms with E-state index >= 15 is 0 Å². The number of benzene rings is 1. The summed E-state index contributed by atoms with van der Waals surface area (Å²) in [6.07, 6.45) is 0.0308. The van der Waals surface area contributed by atoms with Crippen molar-refractivity contribution in [3.8, 4) is 5.75 Å². The van der Waals surface area contributed by atoms with E-state index in [-0.39, 0.29) is 18.2 Å². The molecule has 0 heterocycles. The molecule has 1 rings (SSSR count). The Kier molecular flexibility index (Phi) is 5.93. The van der Waals surface area contributed by atoms with Gasteiger partial charge in [-0.25, -0.2) is 0 Å². The average Bonchev–Trinajstić information content (AvgIpc) is 2.30. The molecule has 5 heteroatoms. The molecule has 0 aromatic heterocycles. The van der Waals surface area contributed by atoms with Crippen LogP contribution < -0.4 is 10.1 Å². The SMILES string of the molecule is CC(C)Oc1c(Cl)cc(Cl)cc1CNC(C)(C)CO. The Labute approximate surface area is 124 Å². The number of hydrogen-bond donors (Lipinski definition) is 2. The molecule has 0 spiro atoms. The molecule has 0 saturated heterocycles. The van der Waals surface area contributed by atoms with Crippen LogP contribution in [-0.2, 0) is 6.54 Å². The van der Waals surface area contributed by atoms with Crippen molar-refractivity contribution in [3.63, 3.8) is 0 Å². The van der Waals surface area contributed by atoms with Crippen molar-refractivity contribution < 1.29 is 9.84 Å². The molecule has 0 amide bonds. The number of nitrogens with one attached hydrogen (secondary N) is 1. The van der Waals surface area contributed by atoms with Crippen molar-refractivity contribution in [2.75, 3.05) is 6.61 Å². The van der Waals surface area contributed by atoms with Crippen LogP contribution in [0.1, 0.15) is 33.3 Å². The summed E-state index contributed by atoms with van der Waals surface area (Å²) in [7, 11) is 0. The van der Waals surface area contributed by atoms with Gasteiger partial charge in [-0.05, 0) is 39.8 Å². The van der Waals surface area contributed by atoms with Crippen LogP contribution in [-0.4, -0.2) is 23.4 Å². The first-order valence-electron chi connectivity index (χ1n) is 6.25. The number of aliphatic hydroxyl groups excluding tert-OH is 1. The maximum absolute atomic E-state index is 9.25. The maximum Gasteiger partial charge on any atom is 0.142 e. The maximum atomic E-state index is 9.25. The van der Waals surface area contributed by atoms with Crippen molar-refractivity contribution in [1.29, 1.82) is 0 Å². The zero-order valence-electron chi connectivity index (χ0n) is 11.8. The smallest absolute Gasteiger partial charge is 0.142 e. The van der Waals surface area contributed by atoms with Gasteiger partial charge in [0.2, 0.25) is 0 Å². The van der Waals surface area contributed by atoms with Crippen LogP contribution in [0.25, 0.3) is 0 Å². The summed E-state index contributed by atoms with van der Waals surface area (Å²) in [6, 6.07) is 3.49. The summed E-state index contributed by atoms with van der Waals surface area (Å²) in [5.74, 6) is 0.641. The van der Waals surface area contributed by atoms with Gasteiger partial charge in [0.15, 0.2) is 0 Å². The van der Waals surface area contributed by atoms with Gasteiger partial charge in [0.1, 0.15) is 5.75 Å². The highest BCUT2D eigenvalue weighted by Crippen LogP contribution is 2.33. The fraction of sp³-hybridized carbons (Fsp3) is 0.571. The standard InChI is InChI=1S/C14H21Cl2NO2/c1-9(2)19-13-10(5-11(15)6-12(13)16)7-17-14(3,4)8-18/h5-6,9,17-18H,7-8H2,1-4H3. The number of halogens is 2. The molecule has 0 aliphatic heterocycles. The first-order valence-corrected chi connectivity index (χ1v) is 7.01. The second-order valence-electron chi connectivity index (χ2n) is 5.44. The van der Waals surface area contributed by atoms with Crippen molar-refractivity contribution >= 4 is 23.2 Å². The van der Waals surface area contributed by atoms with Gasteiger partial charge >= 0.3 is 0 Å². The van der Waals surface area contributed by atoms with E-state index in [0.717, 1.165) is 5.56 Å². The van der Waals surface area contributed by atoms with E-state index in [1.165, 1.54) is 0 Å². The Balaban J connectivity index is 2.97. The molecule has 1 aromatic carbocycles. The van der Waals surface area contributed by atoms with Gasteiger partial charge in [-0.3, -0.25) is 0 Å². The van der Waals surface area contributed by atoms with Gasteiger partial charge in [0.25, 0.3) is 0 Å². The summed E-state index contributed by atoms with van der Waals surface area (Å²) in [5, 5.41) is 13.6. The van der Waals surface area contributed by atoms with Gasteiger partial charge in [0.05, 0.1) is 17.7 Å². The first kappa shape index (κ1) is 16.6. The predicted octanol–water partition coefficient (Wildman–Crippen LogP) is 3.64. The molecule has 0 atom stereocenters. The minimum atomic E-state index is -0.371. The van der Waals surface area contributed by atoms with Gasteiger partial charge in [0, 0.05) is 22.7 Å². The molecule has 3 nitrogen and oxygen atoms in total. The lowest BCUT2D eigenvalue weighted by Gasteiger charge is -2.25. The molecule has 0 unspecified atom stereocenters. The molecule has 19 heavy (non-hydrogen) atoms. The van der Waals surface area contributed by atoms with Crippen LogP contribution >= 0.6 is 23.2 Å². The number of rotatable bonds is 6. The summed E-state index contributed by atoms with van der Waals surface area (Å²) < 4.78 is 5.74. The van der Waals surface area contributed by atoms with Crippen LogP contribution in [0.5, 0.6) is 5.75 Å². The van der Waals surface area contributed by atoms with Crippen LogP contribution in [0.3, 0.4) is 0 Å². The third-order valence-electron chi connectivity index (χ3n) is 2.59. The lowest BCUT2D eigenvalue weighted by Crippen LogP contribution is -2.42. The molecule has 0 bridgehead atoms. The first-order chi connectivity index (χ1) is 8.75. The van der Waals surface area contributed by atoms with E-state index in [0.29, 0.717) is 22.3 Å². The molecule has 2 N–H and O–H groups in total. The van der Waals surface area contributed by atoms with E-state index in [4.69, 9.17) is 27.9 Å². The lowest BCUT2D eigenvalue weighted by molar-refractivity contribution is 0.186. The fourth-order valence-corrected chi connectivity index (χ4v) is 2.08. The Morgan fingerprint density at radius 3 is 2.47 bits per heavy atom. The fourth-order valence-electron chi connectivity index (χ4n) is 1.50. The van der Waals surface area contributed by atoms with Crippen molar-refractivity contribution in [3.05, 3.63) is 27.7 Å². The van der Waals surface area contributed by atoms with Crippen LogP contribution in [0.4, 0.5) is 0 Å². The zero-order valence-corrected chi connectivity index (χ0v) is 13.3. The third-order valence-corrected chi connectivity index (χ3v) is 3.09. The zero-order chi connectivity index (χ0) is 14.6. The van der Waals surface area contributed by atoms with E-state index in [2.05, 4.69) is 5.32 Å². The highest BCUT2D eigenvalue weighted by atomic mass is 35.5. The molecular weight excluding hydrogens is 285 g/mol. The molecular formula is C14H21Cl2NO2. The van der Waals surface area contributed by atoms with Gasteiger partial charge in [-0.15, -0.1) is 0 Å². The van der Waals surface area contributed by atoms with E-state index in [1.807, 2.05) is 33.8 Å². The topological polar surface area (TPSA) is 41.5 Å². The van der Waals surface area contributed by atoms with Gasteiger partial charge < -0.3 is 15.2 Å². The molecule has 0 saturated carbocycles. The minimum Gasteiger partial charge on any atom is -0.489 e. The third kappa shape index (κ3) is 5.19. The molecule has 0 aliphatic rings. The average molecular weight is 306 g/mol. The molecule has 108 valence electrons. The monoisotopic (exact) mass is 305 g/mol. The van der Waals surface area contributed by atoms with Crippen LogP contribution in [0.2, 0.25) is 10.0 Å². The summed E-state index contributed by atoms with van der Waals surface area (Å²) in [5.41, 5.74) is 0.511. The van der Waals surface area contributed by atoms with Crippen molar-refractivity contribution in [2.24, 2.45) is 0 Å². The second-order valence-corrected chi connectivity index (χ2v) is 6.28. The summed E-state index contributed by atoms with van der Waals surface area (Å²) >= 11 is 12.2. The Bertz CT molecular complexity index is 434. The minimum absolute atomic E-state index is 0.0308. The Morgan fingerprint density at radius 1 is 1.32 bits per heavy atom.